The van der Waals surface area contributed by atoms with Gasteiger partial charge in [0.2, 0.25) is 11.8 Å². The van der Waals surface area contributed by atoms with E-state index in [0.717, 1.165) is 5.56 Å². The summed E-state index contributed by atoms with van der Waals surface area (Å²) in [5.41, 5.74) is 0.228. The van der Waals surface area contributed by atoms with E-state index in [1.54, 1.807) is 18.7 Å². The summed E-state index contributed by atoms with van der Waals surface area (Å²) in [4.78, 5) is 26.6. The van der Waals surface area contributed by atoms with E-state index in [4.69, 9.17) is 0 Å². The Balaban J connectivity index is 2.21. The molecule has 0 aliphatic carbocycles. The van der Waals surface area contributed by atoms with Gasteiger partial charge in [0.15, 0.2) is 0 Å². The van der Waals surface area contributed by atoms with Gasteiger partial charge < -0.3 is 10.2 Å². The first-order valence-electron chi connectivity index (χ1n) is 7.24. The van der Waals surface area contributed by atoms with Gasteiger partial charge in [-0.1, -0.05) is 42.5 Å². The van der Waals surface area contributed by atoms with Gasteiger partial charge in [-0.15, -0.1) is 0 Å². The molecular formula is C17H22N2O2. The summed E-state index contributed by atoms with van der Waals surface area (Å²) in [5, 5.41) is 2.86. The second-order valence-electron chi connectivity index (χ2n) is 5.79. The number of carbonyl (C=O) groups excluding carboxylic acids is 2. The Morgan fingerprint density at radius 2 is 1.90 bits per heavy atom. The fourth-order valence-electron chi connectivity index (χ4n) is 2.50. The minimum absolute atomic E-state index is 0.0263. The van der Waals surface area contributed by atoms with Crippen LogP contribution in [0.3, 0.4) is 0 Å². The van der Waals surface area contributed by atoms with Gasteiger partial charge in [0.05, 0.1) is 0 Å². The van der Waals surface area contributed by atoms with Gasteiger partial charge in [0, 0.05) is 13.0 Å². The lowest BCUT2D eigenvalue weighted by Crippen LogP contribution is -2.68. The average Bonchev–Trinajstić information content (AvgIpc) is 2.46. The van der Waals surface area contributed by atoms with Crippen molar-refractivity contribution < 1.29 is 9.59 Å². The molecule has 1 aromatic rings. The number of allylic oxidation sites excluding steroid dienone is 1. The molecule has 0 bridgehead atoms. The quantitative estimate of drug-likeness (QED) is 0.860. The fraction of sp³-hybridized carbons (Fsp3) is 0.412. The second-order valence-corrected chi connectivity index (χ2v) is 5.79. The van der Waals surface area contributed by atoms with Gasteiger partial charge in [-0.3, -0.25) is 9.59 Å². The van der Waals surface area contributed by atoms with Crippen LogP contribution in [0.25, 0.3) is 0 Å². The van der Waals surface area contributed by atoms with Crippen molar-refractivity contribution in [3.63, 3.8) is 0 Å². The smallest absolute Gasteiger partial charge is 0.246 e. The maximum atomic E-state index is 12.7. The zero-order chi connectivity index (χ0) is 15.5. The highest BCUT2D eigenvalue weighted by Gasteiger charge is 2.45. The van der Waals surface area contributed by atoms with Crippen LogP contribution < -0.4 is 5.32 Å². The first kappa shape index (κ1) is 15.3. The standard InChI is InChI=1S/C17H22N2O2/c1-4-5-11-19-15(20)14(18-16(21)17(19,2)3)12-13-9-7-6-8-10-13/h4-10,14H,11-12H2,1-3H3,(H,18,21)/b5-4+. The zero-order valence-corrected chi connectivity index (χ0v) is 12.8. The Kier molecular flexibility index (Phi) is 4.46. The Morgan fingerprint density at radius 3 is 2.52 bits per heavy atom. The van der Waals surface area contributed by atoms with Crippen molar-refractivity contribution in [3.8, 4) is 0 Å². The van der Waals surface area contributed by atoms with E-state index in [1.807, 2.05) is 49.4 Å². The molecule has 0 spiro atoms. The Hall–Kier alpha value is -2.10. The van der Waals surface area contributed by atoms with Crippen LogP contribution in [0.4, 0.5) is 0 Å². The zero-order valence-electron chi connectivity index (χ0n) is 12.8. The van der Waals surface area contributed by atoms with Crippen molar-refractivity contribution in [2.45, 2.75) is 38.8 Å². The molecule has 112 valence electrons. The Labute approximate surface area is 125 Å². The van der Waals surface area contributed by atoms with Crippen molar-refractivity contribution in [1.82, 2.24) is 10.2 Å². The molecule has 2 amide bonds. The molecule has 1 unspecified atom stereocenters. The van der Waals surface area contributed by atoms with E-state index < -0.39 is 11.6 Å². The van der Waals surface area contributed by atoms with Gasteiger partial charge in [-0.2, -0.15) is 0 Å². The molecule has 0 aromatic heterocycles. The van der Waals surface area contributed by atoms with Crippen LogP contribution in [0.1, 0.15) is 26.3 Å². The maximum absolute atomic E-state index is 12.7. The number of amides is 2. The first-order valence-corrected chi connectivity index (χ1v) is 7.24. The molecule has 1 atom stereocenters. The van der Waals surface area contributed by atoms with Crippen molar-refractivity contribution in [1.29, 1.82) is 0 Å². The molecule has 4 heteroatoms. The highest BCUT2D eigenvalue weighted by molar-refractivity contribution is 5.99. The van der Waals surface area contributed by atoms with Crippen LogP contribution in [-0.4, -0.2) is 34.8 Å². The summed E-state index contributed by atoms with van der Waals surface area (Å²) in [7, 11) is 0. The molecule has 2 rings (SSSR count). The molecule has 1 aliphatic heterocycles. The summed E-state index contributed by atoms with van der Waals surface area (Å²) >= 11 is 0. The molecule has 1 N–H and O–H groups in total. The lowest BCUT2D eigenvalue weighted by molar-refractivity contribution is -0.154. The van der Waals surface area contributed by atoms with Gasteiger partial charge in [0.1, 0.15) is 11.6 Å². The first-order chi connectivity index (χ1) is 9.96. The molecule has 0 radical (unpaired) electrons. The lowest BCUT2D eigenvalue weighted by atomic mass is 9.93. The highest BCUT2D eigenvalue weighted by atomic mass is 16.2. The molecule has 0 saturated carbocycles. The third kappa shape index (κ3) is 3.15. The van der Waals surface area contributed by atoms with Crippen LogP contribution >= 0.6 is 0 Å². The van der Waals surface area contributed by atoms with Crippen LogP contribution in [0.15, 0.2) is 42.5 Å². The van der Waals surface area contributed by atoms with Crippen LogP contribution in [0.5, 0.6) is 0 Å². The third-order valence-electron chi connectivity index (χ3n) is 3.91. The topological polar surface area (TPSA) is 49.4 Å². The number of hydrogen-bond acceptors (Lipinski definition) is 2. The largest absolute Gasteiger partial charge is 0.342 e. The Morgan fingerprint density at radius 1 is 1.24 bits per heavy atom. The van der Waals surface area contributed by atoms with E-state index in [1.165, 1.54) is 0 Å². The number of rotatable bonds is 4. The number of nitrogens with one attached hydrogen (secondary N) is 1. The summed E-state index contributed by atoms with van der Waals surface area (Å²) in [6, 6.07) is 9.26. The SMILES string of the molecule is C/C=C/CN1C(=O)C(Cc2ccccc2)NC(=O)C1(C)C. The minimum atomic E-state index is -0.816. The van der Waals surface area contributed by atoms with E-state index in [0.29, 0.717) is 13.0 Å². The number of benzene rings is 1. The van der Waals surface area contributed by atoms with E-state index in [9.17, 15) is 9.59 Å². The monoisotopic (exact) mass is 286 g/mol. The summed E-state index contributed by atoms with van der Waals surface area (Å²) in [5.74, 6) is -0.130. The predicted molar refractivity (Wildman–Crippen MR) is 82.7 cm³/mol. The molecule has 4 nitrogen and oxygen atoms in total. The van der Waals surface area contributed by atoms with Crippen molar-refractivity contribution >= 4 is 11.8 Å². The summed E-state index contributed by atoms with van der Waals surface area (Å²) in [6.07, 6.45) is 4.31. The van der Waals surface area contributed by atoms with E-state index in [-0.39, 0.29) is 11.8 Å². The van der Waals surface area contributed by atoms with E-state index in [2.05, 4.69) is 5.32 Å². The van der Waals surface area contributed by atoms with Crippen molar-refractivity contribution in [2.75, 3.05) is 6.54 Å². The van der Waals surface area contributed by atoms with Crippen LogP contribution in [0, 0.1) is 0 Å². The Bertz CT molecular complexity index is 549. The predicted octanol–water partition coefficient (Wildman–Crippen LogP) is 1.91. The third-order valence-corrected chi connectivity index (χ3v) is 3.91. The fourth-order valence-corrected chi connectivity index (χ4v) is 2.50. The average molecular weight is 286 g/mol. The van der Waals surface area contributed by atoms with Crippen molar-refractivity contribution in [2.24, 2.45) is 0 Å². The summed E-state index contributed by atoms with van der Waals surface area (Å²) in [6.45, 7) is 5.93. The number of carbonyl (C=O) groups is 2. The van der Waals surface area contributed by atoms with E-state index >= 15 is 0 Å². The number of hydrogen-bond donors (Lipinski definition) is 1. The molecule has 1 saturated heterocycles. The van der Waals surface area contributed by atoms with Crippen molar-refractivity contribution in [3.05, 3.63) is 48.0 Å². The van der Waals surface area contributed by atoms with Crippen LogP contribution in [0.2, 0.25) is 0 Å². The van der Waals surface area contributed by atoms with Gasteiger partial charge >= 0.3 is 0 Å². The maximum Gasteiger partial charge on any atom is 0.246 e. The number of nitrogens with zero attached hydrogens (tertiary/aromatic N) is 1. The summed E-state index contributed by atoms with van der Waals surface area (Å²) < 4.78 is 0. The van der Waals surface area contributed by atoms with Gasteiger partial charge in [0.25, 0.3) is 0 Å². The van der Waals surface area contributed by atoms with Crippen LogP contribution in [-0.2, 0) is 16.0 Å². The normalized spacial score (nSPS) is 21.7. The highest BCUT2D eigenvalue weighted by Crippen LogP contribution is 2.22. The molecule has 1 aliphatic rings. The minimum Gasteiger partial charge on any atom is -0.342 e. The molecule has 21 heavy (non-hydrogen) atoms. The second kappa shape index (κ2) is 6.12. The molecule has 1 fully saturated rings. The molecule has 1 aromatic carbocycles. The van der Waals surface area contributed by atoms with Gasteiger partial charge in [-0.25, -0.2) is 0 Å². The molecular weight excluding hydrogens is 264 g/mol. The van der Waals surface area contributed by atoms with Gasteiger partial charge in [-0.05, 0) is 26.3 Å². The molecule has 1 heterocycles. The lowest BCUT2D eigenvalue weighted by Gasteiger charge is -2.44. The number of piperazine rings is 1.